The van der Waals surface area contributed by atoms with E-state index in [1.165, 1.54) is 12.1 Å². The van der Waals surface area contributed by atoms with Crippen LogP contribution in [0.15, 0.2) is 54.1 Å². The highest BCUT2D eigenvalue weighted by Crippen LogP contribution is 2.27. The van der Waals surface area contributed by atoms with Gasteiger partial charge < -0.3 is 4.74 Å². The molecule has 19 heavy (non-hydrogen) atoms. The summed E-state index contributed by atoms with van der Waals surface area (Å²) in [6.07, 6.45) is 1.67. The van der Waals surface area contributed by atoms with Crippen molar-refractivity contribution in [1.29, 1.82) is 0 Å². The Bertz CT molecular complexity index is 674. The molecule has 1 heterocycles. The van der Waals surface area contributed by atoms with Gasteiger partial charge in [0.05, 0.1) is 5.56 Å². The molecule has 0 saturated heterocycles. The molecule has 0 aromatic heterocycles. The number of halogens is 1. The van der Waals surface area contributed by atoms with E-state index in [9.17, 15) is 9.18 Å². The summed E-state index contributed by atoms with van der Waals surface area (Å²) in [5.74, 6) is 0.217. The monoisotopic (exact) mass is 254 g/mol. The van der Waals surface area contributed by atoms with Crippen LogP contribution in [0, 0.1) is 5.82 Å². The summed E-state index contributed by atoms with van der Waals surface area (Å²) in [4.78, 5) is 12.3. The third-order valence-corrected chi connectivity index (χ3v) is 3.00. The maximum Gasteiger partial charge on any atom is 0.196 e. The van der Waals surface area contributed by atoms with Crippen molar-refractivity contribution in [3.8, 4) is 5.75 Å². The molecule has 0 radical (unpaired) electrons. The third-order valence-electron chi connectivity index (χ3n) is 3.00. The molecule has 0 atom stereocenters. The van der Waals surface area contributed by atoms with E-state index in [4.69, 9.17) is 4.74 Å². The third kappa shape index (κ3) is 2.27. The number of rotatable bonds is 1. The molecule has 0 bridgehead atoms. The molecule has 2 aromatic carbocycles. The van der Waals surface area contributed by atoms with Gasteiger partial charge in [0.2, 0.25) is 0 Å². The van der Waals surface area contributed by atoms with Crippen molar-refractivity contribution in [1.82, 2.24) is 0 Å². The average Bonchev–Trinajstić information content (AvgIpc) is 2.42. The van der Waals surface area contributed by atoms with E-state index in [0.717, 1.165) is 0 Å². The largest absolute Gasteiger partial charge is 0.488 e. The topological polar surface area (TPSA) is 26.3 Å². The fourth-order valence-corrected chi connectivity index (χ4v) is 2.08. The Morgan fingerprint density at radius 2 is 1.95 bits per heavy atom. The van der Waals surface area contributed by atoms with E-state index in [0.29, 0.717) is 22.4 Å². The van der Waals surface area contributed by atoms with Gasteiger partial charge in [0.1, 0.15) is 18.2 Å². The molecule has 2 aromatic rings. The van der Waals surface area contributed by atoms with Gasteiger partial charge in [0.25, 0.3) is 0 Å². The van der Waals surface area contributed by atoms with Gasteiger partial charge in [-0.2, -0.15) is 0 Å². The molecule has 1 aliphatic rings. The molecule has 0 saturated carbocycles. The number of ether oxygens (including phenoxy) is 1. The molecule has 3 heteroatoms. The zero-order valence-electron chi connectivity index (χ0n) is 10.1. The summed E-state index contributed by atoms with van der Waals surface area (Å²) < 4.78 is 18.6. The summed E-state index contributed by atoms with van der Waals surface area (Å²) >= 11 is 0. The Labute approximate surface area is 110 Å². The van der Waals surface area contributed by atoms with Gasteiger partial charge in [-0.25, -0.2) is 4.39 Å². The molecule has 94 valence electrons. The zero-order valence-corrected chi connectivity index (χ0v) is 10.1. The second-order valence-corrected chi connectivity index (χ2v) is 4.34. The molecule has 0 amide bonds. The SMILES string of the molecule is O=C1/C(=C/c2cccc(F)c2)COc2ccccc21. The van der Waals surface area contributed by atoms with Crippen LogP contribution in [0.3, 0.4) is 0 Å². The standard InChI is InChI=1S/C16H11FO2/c17-13-5-3-4-11(9-13)8-12-10-19-15-7-2-1-6-14(15)16(12)18/h1-9H,10H2/b12-8+. The molecule has 1 aliphatic heterocycles. The number of carbonyl (C=O) groups is 1. The van der Waals surface area contributed by atoms with Crippen LogP contribution < -0.4 is 4.74 Å². The lowest BCUT2D eigenvalue weighted by Crippen LogP contribution is -2.18. The first kappa shape index (κ1) is 11.7. The molecular formula is C16H11FO2. The zero-order chi connectivity index (χ0) is 13.2. The maximum atomic E-state index is 13.1. The van der Waals surface area contributed by atoms with Gasteiger partial charge in [-0.3, -0.25) is 4.79 Å². The van der Waals surface area contributed by atoms with E-state index in [2.05, 4.69) is 0 Å². The van der Waals surface area contributed by atoms with Crippen LogP contribution in [-0.2, 0) is 0 Å². The Morgan fingerprint density at radius 1 is 1.11 bits per heavy atom. The van der Waals surface area contributed by atoms with Crippen molar-refractivity contribution < 1.29 is 13.9 Å². The number of ketones is 1. The Kier molecular flexibility index (Phi) is 2.88. The predicted octanol–water partition coefficient (Wildman–Crippen LogP) is 3.48. The smallest absolute Gasteiger partial charge is 0.196 e. The van der Waals surface area contributed by atoms with E-state index in [1.807, 2.05) is 6.07 Å². The van der Waals surface area contributed by atoms with Gasteiger partial charge >= 0.3 is 0 Å². The lowest BCUT2D eigenvalue weighted by Gasteiger charge is -2.18. The first-order chi connectivity index (χ1) is 9.24. The minimum absolute atomic E-state index is 0.0638. The van der Waals surface area contributed by atoms with Crippen LogP contribution in [-0.4, -0.2) is 12.4 Å². The van der Waals surface area contributed by atoms with Crippen molar-refractivity contribution >= 4 is 11.9 Å². The van der Waals surface area contributed by atoms with Crippen molar-refractivity contribution in [3.05, 3.63) is 71.0 Å². The first-order valence-corrected chi connectivity index (χ1v) is 5.97. The summed E-state index contributed by atoms with van der Waals surface area (Å²) in [6, 6.07) is 13.3. The second kappa shape index (κ2) is 4.69. The number of fused-ring (bicyclic) bond motifs is 1. The van der Waals surface area contributed by atoms with Gasteiger partial charge in [-0.05, 0) is 35.9 Å². The van der Waals surface area contributed by atoms with Gasteiger partial charge in [0.15, 0.2) is 5.78 Å². The van der Waals surface area contributed by atoms with Gasteiger partial charge in [-0.15, -0.1) is 0 Å². The lowest BCUT2D eigenvalue weighted by molar-refractivity contribution is 0.100. The predicted molar refractivity (Wildman–Crippen MR) is 70.6 cm³/mol. The highest BCUT2D eigenvalue weighted by molar-refractivity contribution is 6.14. The van der Waals surface area contributed by atoms with Crippen molar-refractivity contribution in [2.75, 3.05) is 6.61 Å². The van der Waals surface area contributed by atoms with Crippen molar-refractivity contribution in [3.63, 3.8) is 0 Å². The van der Waals surface area contributed by atoms with E-state index < -0.39 is 0 Å². The number of carbonyl (C=O) groups excluding carboxylic acids is 1. The molecule has 0 N–H and O–H groups in total. The van der Waals surface area contributed by atoms with Crippen LogP contribution in [0.4, 0.5) is 4.39 Å². The van der Waals surface area contributed by atoms with Crippen LogP contribution in [0.25, 0.3) is 6.08 Å². The minimum Gasteiger partial charge on any atom is -0.488 e. The number of hydrogen-bond acceptors (Lipinski definition) is 2. The fourth-order valence-electron chi connectivity index (χ4n) is 2.08. The first-order valence-electron chi connectivity index (χ1n) is 5.97. The summed E-state index contributed by atoms with van der Waals surface area (Å²) in [5, 5.41) is 0. The molecule has 0 fully saturated rings. The summed E-state index contributed by atoms with van der Waals surface area (Å²) in [7, 11) is 0. The fraction of sp³-hybridized carbons (Fsp3) is 0.0625. The Hall–Kier alpha value is -2.42. The minimum atomic E-state index is -0.320. The summed E-state index contributed by atoms with van der Waals surface area (Å²) in [5.41, 5.74) is 1.74. The maximum absolute atomic E-state index is 13.1. The highest BCUT2D eigenvalue weighted by Gasteiger charge is 2.22. The van der Waals surface area contributed by atoms with Crippen molar-refractivity contribution in [2.24, 2.45) is 0 Å². The number of para-hydroxylation sites is 1. The van der Waals surface area contributed by atoms with E-state index >= 15 is 0 Å². The highest BCUT2D eigenvalue weighted by atomic mass is 19.1. The molecule has 0 spiro atoms. The molecule has 3 rings (SSSR count). The van der Waals surface area contributed by atoms with Gasteiger partial charge in [-0.1, -0.05) is 24.3 Å². The van der Waals surface area contributed by atoms with E-state index in [1.54, 1.807) is 36.4 Å². The lowest BCUT2D eigenvalue weighted by atomic mass is 9.98. The Morgan fingerprint density at radius 3 is 2.79 bits per heavy atom. The summed E-state index contributed by atoms with van der Waals surface area (Å²) in [6.45, 7) is 0.215. The molecular weight excluding hydrogens is 243 g/mol. The average molecular weight is 254 g/mol. The van der Waals surface area contributed by atoms with Crippen LogP contribution in [0.5, 0.6) is 5.75 Å². The van der Waals surface area contributed by atoms with Gasteiger partial charge in [0, 0.05) is 5.57 Å². The van der Waals surface area contributed by atoms with Crippen LogP contribution >= 0.6 is 0 Å². The van der Waals surface area contributed by atoms with E-state index in [-0.39, 0.29) is 18.2 Å². The number of hydrogen-bond donors (Lipinski definition) is 0. The normalized spacial score (nSPS) is 16.1. The van der Waals surface area contributed by atoms with Crippen LogP contribution in [0.1, 0.15) is 15.9 Å². The van der Waals surface area contributed by atoms with Crippen LogP contribution in [0.2, 0.25) is 0 Å². The molecule has 0 unspecified atom stereocenters. The Balaban J connectivity index is 1.98. The quantitative estimate of drug-likeness (QED) is 0.728. The number of benzene rings is 2. The van der Waals surface area contributed by atoms with Crippen molar-refractivity contribution in [2.45, 2.75) is 0 Å². The number of Topliss-reactive ketones (excluding diaryl/α,β-unsaturated/α-hetero) is 1. The molecule has 0 aliphatic carbocycles. The molecule has 2 nitrogen and oxygen atoms in total. The second-order valence-electron chi connectivity index (χ2n) is 4.34.